The zero-order valence-electron chi connectivity index (χ0n) is 12.1. The summed E-state index contributed by atoms with van der Waals surface area (Å²) in [7, 11) is 0. The Hall–Kier alpha value is -2.04. The summed E-state index contributed by atoms with van der Waals surface area (Å²) in [5, 5.41) is 14.4. The molecule has 1 aromatic rings. The second-order valence-electron chi connectivity index (χ2n) is 5.86. The van der Waals surface area contributed by atoms with Crippen LogP contribution in [0.15, 0.2) is 30.3 Å². The summed E-state index contributed by atoms with van der Waals surface area (Å²) in [6.07, 6.45) is 0.0368. The number of amides is 2. The van der Waals surface area contributed by atoms with E-state index in [1.165, 1.54) is 0 Å². The lowest BCUT2D eigenvalue weighted by Crippen LogP contribution is -2.38. The van der Waals surface area contributed by atoms with E-state index in [1.54, 1.807) is 12.1 Å². The van der Waals surface area contributed by atoms with Gasteiger partial charge >= 0.3 is 12.0 Å². The Kier molecular flexibility index (Phi) is 5.55. The Morgan fingerprint density at radius 1 is 1.20 bits per heavy atom. The summed E-state index contributed by atoms with van der Waals surface area (Å²) in [6, 6.07) is 8.79. The van der Waals surface area contributed by atoms with Gasteiger partial charge in [0.15, 0.2) is 0 Å². The van der Waals surface area contributed by atoms with E-state index >= 15 is 0 Å². The molecule has 0 spiro atoms. The Morgan fingerprint density at radius 2 is 1.80 bits per heavy atom. The van der Waals surface area contributed by atoms with Crippen LogP contribution < -0.4 is 10.6 Å². The second-order valence-corrected chi connectivity index (χ2v) is 5.86. The first-order valence-electron chi connectivity index (χ1n) is 6.60. The highest BCUT2D eigenvalue weighted by atomic mass is 16.4. The molecule has 0 saturated heterocycles. The number of aliphatic carboxylic acids is 1. The molecule has 1 rings (SSSR count). The van der Waals surface area contributed by atoms with Crippen LogP contribution in [-0.2, 0) is 4.79 Å². The smallest absolute Gasteiger partial charge is 0.319 e. The molecule has 0 fully saturated rings. The van der Waals surface area contributed by atoms with Crippen molar-refractivity contribution in [3.63, 3.8) is 0 Å². The third kappa shape index (κ3) is 5.73. The first-order valence-corrected chi connectivity index (χ1v) is 6.60. The van der Waals surface area contributed by atoms with Gasteiger partial charge in [0.2, 0.25) is 0 Å². The van der Waals surface area contributed by atoms with Crippen LogP contribution in [0.25, 0.3) is 0 Å². The van der Waals surface area contributed by atoms with E-state index in [4.69, 9.17) is 5.11 Å². The molecule has 1 atom stereocenters. The lowest BCUT2D eigenvalue weighted by molar-refractivity contribution is -0.139. The van der Waals surface area contributed by atoms with Crippen LogP contribution in [0, 0.1) is 11.3 Å². The number of carboxylic acid groups (broad SMARTS) is 1. The van der Waals surface area contributed by atoms with Crippen molar-refractivity contribution in [3.8, 4) is 0 Å². The SMILES string of the molecule is CC(C)(C)C(CNC(=O)Nc1ccccc1)CC(=O)O. The number of carboxylic acids is 1. The van der Waals surface area contributed by atoms with E-state index in [0.717, 1.165) is 0 Å². The highest BCUT2D eigenvalue weighted by molar-refractivity contribution is 5.89. The van der Waals surface area contributed by atoms with E-state index in [1.807, 2.05) is 39.0 Å². The highest BCUT2D eigenvalue weighted by Gasteiger charge is 2.27. The van der Waals surface area contributed by atoms with E-state index in [0.29, 0.717) is 12.2 Å². The number of benzene rings is 1. The minimum atomic E-state index is -0.852. The Morgan fingerprint density at radius 3 is 2.30 bits per heavy atom. The molecule has 0 radical (unpaired) electrons. The van der Waals surface area contributed by atoms with Gasteiger partial charge in [-0.2, -0.15) is 0 Å². The average molecular weight is 278 g/mol. The van der Waals surface area contributed by atoms with Crippen molar-refractivity contribution in [1.82, 2.24) is 5.32 Å². The van der Waals surface area contributed by atoms with Gasteiger partial charge in [-0.15, -0.1) is 0 Å². The number of rotatable bonds is 5. The summed E-state index contributed by atoms with van der Waals surface area (Å²) >= 11 is 0. The Balaban J connectivity index is 2.50. The summed E-state index contributed by atoms with van der Waals surface area (Å²) in [5.41, 5.74) is 0.522. The lowest BCUT2D eigenvalue weighted by Gasteiger charge is -2.29. The summed E-state index contributed by atoms with van der Waals surface area (Å²) in [6.45, 7) is 6.24. The van der Waals surface area contributed by atoms with Crippen molar-refractivity contribution in [1.29, 1.82) is 0 Å². The molecule has 0 aliphatic carbocycles. The van der Waals surface area contributed by atoms with Crippen LogP contribution in [0.2, 0.25) is 0 Å². The number of carbonyl (C=O) groups is 2. The normalized spacial score (nSPS) is 12.6. The third-order valence-electron chi connectivity index (χ3n) is 3.19. The molecule has 0 saturated carbocycles. The van der Waals surface area contributed by atoms with Gasteiger partial charge in [0, 0.05) is 12.2 Å². The largest absolute Gasteiger partial charge is 0.481 e. The van der Waals surface area contributed by atoms with E-state index in [-0.39, 0.29) is 23.8 Å². The molecule has 0 aliphatic heterocycles. The molecule has 5 heteroatoms. The van der Waals surface area contributed by atoms with Gasteiger partial charge in [0.1, 0.15) is 0 Å². The van der Waals surface area contributed by atoms with Crippen molar-refractivity contribution in [2.24, 2.45) is 11.3 Å². The van der Waals surface area contributed by atoms with Crippen molar-refractivity contribution >= 4 is 17.7 Å². The standard InChI is InChI=1S/C15H22N2O3/c1-15(2,3)11(9-13(18)19)10-16-14(20)17-12-7-5-4-6-8-12/h4-8,11H,9-10H2,1-3H3,(H,18,19)(H2,16,17,20). The molecule has 20 heavy (non-hydrogen) atoms. The molecule has 3 N–H and O–H groups in total. The van der Waals surface area contributed by atoms with Crippen LogP contribution in [0.4, 0.5) is 10.5 Å². The maximum Gasteiger partial charge on any atom is 0.319 e. The van der Waals surface area contributed by atoms with E-state index in [2.05, 4.69) is 10.6 Å². The van der Waals surface area contributed by atoms with Crippen molar-refractivity contribution in [3.05, 3.63) is 30.3 Å². The molecular formula is C15H22N2O3. The molecule has 0 bridgehead atoms. The third-order valence-corrected chi connectivity index (χ3v) is 3.19. The summed E-state index contributed by atoms with van der Waals surface area (Å²) in [5.74, 6) is -0.975. The Labute approximate surface area is 119 Å². The van der Waals surface area contributed by atoms with Crippen molar-refractivity contribution < 1.29 is 14.7 Å². The second kappa shape index (κ2) is 6.93. The number of para-hydroxylation sites is 1. The molecule has 0 aromatic heterocycles. The fraction of sp³-hybridized carbons (Fsp3) is 0.467. The van der Waals surface area contributed by atoms with Gasteiger partial charge in [-0.25, -0.2) is 4.79 Å². The summed E-state index contributed by atoms with van der Waals surface area (Å²) in [4.78, 5) is 22.6. The average Bonchev–Trinajstić information content (AvgIpc) is 2.34. The first-order chi connectivity index (χ1) is 9.29. The predicted molar refractivity (Wildman–Crippen MR) is 78.7 cm³/mol. The van der Waals surface area contributed by atoms with Crippen LogP contribution in [0.3, 0.4) is 0 Å². The molecule has 2 amide bonds. The number of nitrogens with one attached hydrogen (secondary N) is 2. The molecule has 0 aliphatic rings. The number of hydrogen-bond acceptors (Lipinski definition) is 2. The van der Waals surface area contributed by atoms with Gasteiger partial charge < -0.3 is 15.7 Å². The molecule has 1 aromatic carbocycles. The van der Waals surface area contributed by atoms with Gasteiger partial charge in [-0.05, 0) is 23.5 Å². The first kappa shape index (κ1) is 16.0. The topological polar surface area (TPSA) is 78.4 Å². The fourth-order valence-electron chi connectivity index (χ4n) is 1.81. The minimum Gasteiger partial charge on any atom is -0.481 e. The van der Waals surface area contributed by atoms with Crippen LogP contribution in [0.1, 0.15) is 27.2 Å². The monoisotopic (exact) mass is 278 g/mol. The number of urea groups is 1. The van der Waals surface area contributed by atoms with Crippen LogP contribution >= 0.6 is 0 Å². The van der Waals surface area contributed by atoms with Gasteiger partial charge in [-0.1, -0.05) is 39.0 Å². The van der Waals surface area contributed by atoms with Gasteiger partial charge in [0.05, 0.1) is 6.42 Å². The number of anilines is 1. The van der Waals surface area contributed by atoms with Crippen molar-refractivity contribution in [2.45, 2.75) is 27.2 Å². The Bertz CT molecular complexity index is 452. The molecule has 110 valence electrons. The number of hydrogen-bond donors (Lipinski definition) is 3. The zero-order chi connectivity index (χ0) is 15.2. The predicted octanol–water partition coefficient (Wildman–Crippen LogP) is 2.95. The fourth-order valence-corrected chi connectivity index (χ4v) is 1.81. The summed E-state index contributed by atoms with van der Waals surface area (Å²) < 4.78 is 0. The highest BCUT2D eigenvalue weighted by Crippen LogP contribution is 2.28. The number of carbonyl (C=O) groups excluding carboxylic acids is 1. The van der Waals surface area contributed by atoms with E-state index < -0.39 is 5.97 Å². The van der Waals surface area contributed by atoms with Gasteiger partial charge in [-0.3, -0.25) is 4.79 Å². The minimum absolute atomic E-state index is 0.0368. The zero-order valence-corrected chi connectivity index (χ0v) is 12.1. The van der Waals surface area contributed by atoms with E-state index in [9.17, 15) is 9.59 Å². The maximum absolute atomic E-state index is 11.8. The maximum atomic E-state index is 11.8. The van der Waals surface area contributed by atoms with Crippen molar-refractivity contribution in [2.75, 3.05) is 11.9 Å². The molecule has 1 unspecified atom stereocenters. The molecule has 0 heterocycles. The van der Waals surface area contributed by atoms with Crippen LogP contribution in [-0.4, -0.2) is 23.7 Å². The molecule has 5 nitrogen and oxygen atoms in total. The van der Waals surface area contributed by atoms with Gasteiger partial charge in [0.25, 0.3) is 0 Å². The quantitative estimate of drug-likeness (QED) is 0.774. The van der Waals surface area contributed by atoms with Crippen LogP contribution in [0.5, 0.6) is 0 Å². The molecular weight excluding hydrogens is 256 g/mol. The lowest BCUT2D eigenvalue weighted by atomic mass is 9.79.